The molecule has 0 aromatic heterocycles. The van der Waals surface area contributed by atoms with Crippen LogP contribution < -0.4 is 5.32 Å². The van der Waals surface area contributed by atoms with E-state index in [2.05, 4.69) is 11.4 Å². The molecule has 1 aromatic rings. The molecule has 2 unspecified atom stereocenters. The molecule has 7 heteroatoms. The quantitative estimate of drug-likeness (QED) is 0.689. The fraction of sp³-hybridized carbons (Fsp3) is 0.409. The molecule has 0 spiro atoms. The summed E-state index contributed by atoms with van der Waals surface area (Å²) in [5.41, 5.74) is 0.0119. The Bertz CT molecular complexity index is 865. The molecule has 0 saturated heterocycles. The second kappa shape index (κ2) is 9.15. The van der Waals surface area contributed by atoms with E-state index in [1.165, 1.54) is 0 Å². The van der Waals surface area contributed by atoms with E-state index in [-0.39, 0.29) is 12.8 Å². The molecule has 2 rings (SSSR count). The standard InChI is InChI=1S/C22H25ClN2O4/c1-21(2,3)29-20(28)25-17(11-19(26)27)13-22(14-24)12-16(9-10-18(22)23)15-7-5-4-6-8-15/h4-10,17H,11-13H2,1-3H3,(H,25,28)(H,26,27). The van der Waals surface area contributed by atoms with Crippen molar-refractivity contribution >= 4 is 29.2 Å². The number of nitriles is 1. The number of carboxylic acids is 1. The number of rotatable bonds is 6. The molecule has 1 amide bonds. The van der Waals surface area contributed by atoms with Crippen molar-refractivity contribution in [1.82, 2.24) is 5.32 Å². The van der Waals surface area contributed by atoms with E-state index in [4.69, 9.17) is 16.3 Å². The van der Waals surface area contributed by atoms with Crippen molar-refractivity contribution in [2.45, 2.75) is 51.7 Å². The monoisotopic (exact) mass is 416 g/mol. The molecule has 0 bridgehead atoms. The Balaban J connectivity index is 2.26. The maximum Gasteiger partial charge on any atom is 0.407 e. The smallest absolute Gasteiger partial charge is 0.407 e. The summed E-state index contributed by atoms with van der Waals surface area (Å²) in [7, 11) is 0. The summed E-state index contributed by atoms with van der Waals surface area (Å²) in [5.74, 6) is -1.09. The molecule has 0 aliphatic heterocycles. The Hall–Kier alpha value is -2.78. The molecule has 0 fully saturated rings. The highest BCUT2D eigenvalue weighted by Gasteiger charge is 2.40. The van der Waals surface area contributed by atoms with Crippen LogP contribution in [0.1, 0.15) is 45.6 Å². The van der Waals surface area contributed by atoms with Gasteiger partial charge in [0.25, 0.3) is 0 Å². The minimum atomic E-state index is -1.14. The number of carboxylic acid groups (broad SMARTS) is 1. The first-order valence-corrected chi connectivity index (χ1v) is 9.67. The number of hydrogen-bond acceptors (Lipinski definition) is 4. The van der Waals surface area contributed by atoms with Crippen LogP contribution in [0.5, 0.6) is 0 Å². The molecular formula is C22H25ClN2O4. The van der Waals surface area contributed by atoms with Crippen LogP contribution in [0.3, 0.4) is 0 Å². The van der Waals surface area contributed by atoms with Crippen molar-refractivity contribution in [3.63, 3.8) is 0 Å². The van der Waals surface area contributed by atoms with Crippen molar-refractivity contribution in [2.24, 2.45) is 5.41 Å². The number of amides is 1. The van der Waals surface area contributed by atoms with Crippen LogP contribution in [0.15, 0.2) is 47.5 Å². The number of nitrogens with one attached hydrogen (secondary N) is 1. The number of alkyl carbamates (subject to hydrolysis) is 1. The van der Waals surface area contributed by atoms with Gasteiger partial charge < -0.3 is 15.2 Å². The number of carbonyl (C=O) groups excluding carboxylic acids is 1. The predicted octanol–water partition coefficient (Wildman–Crippen LogP) is 4.86. The Morgan fingerprint density at radius 3 is 2.52 bits per heavy atom. The highest BCUT2D eigenvalue weighted by molar-refractivity contribution is 6.31. The van der Waals surface area contributed by atoms with Crippen LogP contribution in [0.4, 0.5) is 4.79 Å². The van der Waals surface area contributed by atoms with Gasteiger partial charge in [0.2, 0.25) is 0 Å². The normalized spacial score (nSPS) is 20.0. The number of benzene rings is 1. The van der Waals surface area contributed by atoms with E-state index in [1.54, 1.807) is 26.8 Å². The molecule has 1 aliphatic rings. The third-order valence-electron chi connectivity index (χ3n) is 4.48. The highest BCUT2D eigenvalue weighted by atomic mass is 35.5. The SMILES string of the molecule is CC(C)(C)OC(=O)NC(CC(=O)O)CC1(C#N)CC(c2ccccc2)=CC=C1Cl. The number of nitrogens with zero attached hydrogens (tertiary/aromatic N) is 1. The number of ether oxygens (including phenoxy) is 1. The summed E-state index contributed by atoms with van der Waals surface area (Å²) in [6.07, 6.45) is 2.82. The number of carbonyl (C=O) groups is 2. The molecule has 1 aromatic carbocycles. The topological polar surface area (TPSA) is 99.4 Å². The lowest BCUT2D eigenvalue weighted by Crippen LogP contribution is -2.43. The van der Waals surface area contributed by atoms with E-state index >= 15 is 0 Å². The van der Waals surface area contributed by atoms with Gasteiger partial charge in [-0.15, -0.1) is 0 Å². The zero-order valence-electron chi connectivity index (χ0n) is 16.7. The first kappa shape index (κ1) is 22.5. The minimum absolute atomic E-state index is 0.0501. The van der Waals surface area contributed by atoms with Gasteiger partial charge in [-0.05, 0) is 50.8 Å². The van der Waals surface area contributed by atoms with Crippen molar-refractivity contribution in [3.05, 3.63) is 53.1 Å². The third-order valence-corrected chi connectivity index (χ3v) is 4.96. The molecule has 0 saturated carbocycles. The third kappa shape index (κ3) is 6.37. The Morgan fingerprint density at radius 1 is 1.31 bits per heavy atom. The lowest BCUT2D eigenvalue weighted by molar-refractivity contribution is -0.137. The summed E-state index contributed by atoms with van der Waals surface area (Å²) in [4.78, 5) is 23.5. The van der Waals surface area contributed by atoms with Crippen molar-refractivity contribution in [2.75, 3.05) is 0 Å². The maximum atomic E-state index is 12.2. The van der Waals surface area contributed by atoms with E-state index in [9.17, 15) is 20.0 Å². The Kier molecular flexibility index (Phi) is 7.10. The first-order valence-electron chi connectivity index (χ1n) is 9.29. The van der Waals surface area contributed by atoms with Gasteiger partial charge in [0.05, 0.1) is 17.9 Å². The first-order chi connectivity index (χ1) is 13.5. The number of allylic oxidation sites excluding steroid dienone is 4. The van der Waals surface area contributed by atoms with Gasteiger partial charge in [-0.3, -0.25) is 4.79 Å². The minimum Gasteiger partial charge on any atom is -0.481 e. The van der Waals surface area contributed by atoms with Gasteiger partial charge in [0.15, 0.2) is 0 Å². The van der Waals surface area contributed by atoms with Crippen molar-refractivity contribution in [3.8, 4) is 6.07 Å². The van der Waals surface area contributed by atoms with Crippen LogP contribution in [0.2, 0.25) is 0 Å². The molecule has 29 heavy (non-hydrogen) atoms. The van der Waals surface area contributed by atoms with Gasteiger partial charge in [-0.2, -0.15) is 5.26 Å². The second-order valence-corrected chi connectivity index (χ2v) is 8.50. The zero-order chi connectivity index (χ0) is 21.7. The van der Waals surface area contributed by atoms with Crippen molar-refractivity contribution < 1.29 is 19.4 Å². The van der Waals surface area contributed by atoms with Crippen LogP contribution >= 0.6 is 11.6 Å². The molecule has 1 aliphatic carbocycles. The number of halogens is 1. The molecule has 2 atom stereocenters. The van der Waals surface area contributed by atoms with Crippen molar-refractivity contribution in [1.29, 1.82) is 5.26 Å². The van der Waals surface area contributed by atoms with Crippen LogP contribution in [0.25, 0.3) is 5.57 Å². The molecule has 154 valence electrons. The van der Waals surface area contributed by atoms with E-state index < -0.39 is 29.1 Å². The molecule has 0 heterocycles. The summed E-state index contributed by atoms with van der Waals surface area (Å²) in [6.45, 7) is 5.15. The summed E-state index contributed by atoms with van der Waals surface area (Å²) < 4.78 is 5.24. The fourth-order valence-corrected chi connectivity index (χ4v) is 3.49. The molecule has 0 radical (unpaired) electrons. The summed E-state index contributed by atoms with van der Waals surface area (Å²) in [6, 6.07) is 11.0. The highest BCUT2D eigenvalue weighted by Crippen LogP contribution is 2.46. The van der Waals surface area contributed by atoms with E-state index in [0.29, 0.717) is 11.5 Å². The average Bonchev–Trinajstić information content (AvgIpc) is 2.62. The Morgan fingerprint density at radius 2 is 1.97 bits per heavy atom. The van der Waals surface area contributed by atoms with Crippen LogP contribution in [0, 0.1) is 16.7 Å². The number of hydrogen-bond donors (Lipinski definition) is 2. The molecular weight excluding hydrogens is 392 g/mol. The predicted molar refractivity (Wildman–Crippen MR) is 111 cm³/mol. The number of aliphatic carboxylic acids is 1. The fourth-order valence-electron chi connectivity index (χ4n) is 3.24. The van der Waals surface area contributed by atoms with E-state index in [0.717, 1.165) is 11.1 Å². The lowest BCUT2D eigenvalue weighted by atomic mass is 9.73. The average molecular weight is 417 g/mol. The zero-order valence-corrected chi connectivity index (χ0v) is 17.5. The largest absolute Gasteiger partial charge is 0.481 e. The Labute approximate surface area is 175 Å². The second-order valence-electron chi connectivity index (χ2n) is 8.09. The molecule has 6 nitrogen and oxygen atoms in total. The van der Waals surface area contributed by atoms with Gasteiger partial charge in [-0.25, -0.2) is 4.79 Å². The van der Waals surface area contributed by atoms with Gasteiger partial charge in [0.1, 0.15) is 5.60 Å². The maximum absolute atomic E-state index is 12.2. The van der Waals surface area contributed by atoms with Gasteiger partial charge in [-0.1, -0.05) is 48.0 Å². The van der Waals surface area contributed by atoms with Crippen LogP contribution in [-0.4, -0.2) is 28.8 Å². The van der Waals surface area contributed by atoms with E-state index in [1.807, 2.05) is 36.4 Å². The summed E-state index contributed by atoms with van der Waals surface area (Å²) in [5, 5.41) is 22.2. The van der Waals surface area contributed by atoms with Gasteiger partial charge >= 0.3 is 12.1 Å². The van der Waals surface area contributed by atoms with Gasteiger partial charge in [0, 0.05) is 11.1 Å². The lowest BCUT2D eigenvalue weighted by Gasteiger charge is -2.33. The van der Waals surface area contributed by atoms with Crippen LogP contribution in [-0.2, 0) is 9.53 Å². The molecule has 2 N–H and O–H groups in total. The summed E-state index contributed by atoms with van der Waals surface area (Å²) >= 11 is 6.42.